The number of carbonyl (C=O) groups excluding carboxylic acids is 1. The summed E-state index contributed by atoms with van der Waals surface area (Å²) < 4.78 is 0. The third-order valence-electron chi connectivity index (χ3n) is 4.90. The van der Waals surface area contributed by atoms with E-state index in [2.05, 4.69) is 25.8 Å². The lowest BCUT2D eigenvalue weighted by atomic mass is 9.73. The second-order valence-corrected chi connectivity index (χ2v) is 6.81. The molecule has 0 bridgehead atoms. The van der Waals surface area contributed by atoms with Crippen molar-refractivity contribution in [2.75, 3.05) is 6.54 Å². The molecule has 21 heavy (non-hydrogen) atoms. The zero-order valence-corrected chi connectivity index (χ0v) is 13.5. The second kappa shape index (κ2) is 7.58. The largest absolute Gasteiger partial charge is 0.342 e. The third kappa shape index (κ3) is 4.29. The van der Waals surface area contributed by atoms with Crippen molar-refractivity contribution < 1.29 is 4.79 Å². The van der Waals surface area contributed by atoms with Crippen LogP contribution in [-0.2, 0) is 11.2 Å². The van der Waals surface area contributed by atoms with Crippen molar-refractivity contribution in [2.24, 2.45) is 17.8 Å². The fourth-order valence-electron chi connectivity index (χ4n) is 3.62. The Balaban J connectivity index is 2.01. The van der Waals surface area contributed by atoms with Gasteiger partial charge in [-0.25, -0.2) is 0 Å². The first-order chi connectivity index (χ1) is 10.1. The Morgan fingerprint density at radius 1 is 1.38 bits per heavy atom. The van der Waals surface area contributed by atoms with Gasteiger partial charge in [-0.15, -0.1) is 0 Å². The minimum Gasteiger partial charge on any atom is -0.342 e. The molecule has 116 valence electrons. The average molecular weight is 288 g/mol. The van der Waals surface area contributed by atoms with Crippen molar-refractivity contribution >= 4 is 6.41 Å². The van der Waals surface area contributed by atoms with Crippen LogP contribution in [0.2, 0.25) is 0 Å². The Kier molecular flexibility index (Phi) is 5.77. The quantitative estimate of drug-likeness (QED) is 0.750. The number of hydrogen-bond acceptors (Lipinski definition) is 2. The molecule has 0 saturated heterocycles. The highest BCUT2D eigenvalue weighted by atomic mass is 16.1. The summed E-state index contributed by atoms with van der Waals surface area (Å²) in [6.07, 6.45) is 7.41. The van der Waals surface area contributed by atoms with E-state index in [1.807, 2.05) is 29.3 Å². The summed E-state index contributed by atoms with van der Waals surface area (Å²) in [5.41, 5.74) is 1.06. The minimum absolute atomic E-state index is 0.398. The summed E-state index contributed by atoms with van der Waals surface area (Å²) in [5.74, 6) is 2.00. The summed E-state index contributed by atoms with van der Waals surface area (Å²) in [5, 5.41) is 0. The first-order valence-electron chi connectivity index (χ1n) is 8.22. The highest BCUT2D eigenvalue weighted by Gasteiger charge is 2.34. The second-order valence-electron chi connectivity index (χ2n) is 6.81. The van der Waals surface area contributed by atoms with Gasteiger partial charge in [0.1, 0.15) is 0 Å². The van der Waals surface area contributed by atoms with Gasteiger partial charge in [0.25, 0.3) is 0 Å². The van der Waals surface area contributed by atoms with E-state index in [4.69, 9.17) is 0 Å². The normalized spacial score (nSPS) is 25.8. The van der Waals surface area contributed by atoms with Gasteiger partial charge in [-0.2, -0.15) is 0 Å². The third-order valence-corrected chi connectivity index (χ3v) is 4.90. The smallest absolute Gasteiger partial charge is 0.209 e. The molecule has 3 nitrogen and oxygen atoms in total. The molecule has 1 aliphatic carbocycles. The van der Waals surface area contributed by atoms with Crippen molar-refractivity contribution in [2.45, 2.75) is 52.5 Å². The maximum absolute atomic E-state index is 11.6. The van der Waals surface area contributed by atoms with Gasteiger partial charge >= 0.3 is 0 Å². The predicted octanol–water partition coefficient (Wildman–Crippen LogP) is 3.54. The molecule has 0 spiro atoms. The lowest BCUT2D eigenvalue weighted by Crippen LogP contribution is -2.46. The highest BCUT2D eigenvalue weighted by molar-refractivity contribution is 5.48. The van der Waals surface area contributed by atoms with Crippen molar-refractivity contribution in [3.05, 3.63) is 30.1 Å². The van der Waals surface area contributed by atoms with Gasteiger partial charge in [-0.1, -0.05) is 33.3 Å². The first-order valence-corrected chi connectivity index (χ1v) is 8.22. The van der Waals surface area contributed by atoms with Gasteiger partial charge < -0.3 is 4.90 Å². The van der Waals surface area contributed by atoms with Crippen LogP contribution in [0.15, 0.2) is 24.4 Å². The number of aromatic nitrogens is 1. The van der Waals surface area contributed by atoms with Crippen molar-refractivity contribution in [1.82, 2.24) is 9.88 Å². The van der Waals surface area contributed by atoms with Gasteiger partial charge in [0, 0.05) is 30.9 Å². The number of hydrogen-bond donors (Lipinski definition) is 0. The number of pyridine rings is 1. The van der Waals surface area contributed by atoms with Crippen LogP contribution < -0.4 is 0 Å². The summed E-state index contributed by atoms with van der Waals surface area (Å²) in [7, 11) is 0. The van der Waals surface area contributed by atoms with E-state index in [0.717, 1.165) is 37.4 Å². The zero-order valence-electron chi connectivity index (χ0n) is 13.5. The lowest BCUT2D eigenvalue weighted by Gasteiger charge is -2.42. The SMILES string of the molecule is CC(C)C1CC[C@@H](C)CC1N(C=O)CCc1ccccn1. The molecular formula is C18H28N2O. The molecule has 1 aliphatic rings. The van der Waals surface area contributed by atoms with Crippen LogP contribution in [0.4, 0.5) is 0 Å². The molecule has 2 unspecified atom stereocenters. The number of rotatable bonds is 6. The van der Waals surface area contributed by atoms with E-state index in [-0.39, 0.29) is 0 Å². The van der Waals surface area contributed by atoms with Crippen LogP contribution in [0.25, 0.3) is 0 Å². The van der Waals surface area contributed by atoms with E-state index in [9.17, 15) is 4.79 Å². The molecule has 1 aromatic rings. The summed E-state index contributed by atoms with van der Waals surface area (Å²) >= 11 is 0. The summed E-state index contributed by atoms with van der Waals surface area (Å²) in [4.78, 5) is 18.0. The number of carbonyl (C=O) groups is 1. The Morgan fingerprint density at radius 3 is 2.81 bits per heavy atom. The Morgan fingerprint density at radius 2 is 2.19 bits per heavy atom. The molecule has 3 heteroatoms. The number of nitrogens with zero attached hydrogens (tertiary/aromatic N) is 2. The van der Waals surface area contributed by atoms with Gasteiger partial charge in [0.2, 0.25) is 6.41 Å². The molecule has 0 N–H and O–H groups in total. The molecule has 3 atom stereocenters. The topological polar surface area (TPSA) is 33.2 Å². The number of amides is 1. The maximum Gasteiger partial charge on any atom is 0.209 e. The molecule has 1 aromatic heterocycles. The monoisotopic (exact) mass is 288 g/mol. The zero-order chi connectivity index (χ0) is 15.2. The van der Waals surface area contributed by atoms with Crippen molar-refractivity contribution in [3.8, 4) is 0 Å². The molecule has 0 radical (unpaired) electrons. The first kappa shape index (κ1) is 16.0. The standard InChI is InChI=1S/C18H28N2O/c1-14(2)17-8-7-15(3)12-18(17)20(13-21)11-9-16-6-4-5-10-19-16/h4-6,10,13-15,17-18H,7-9,11-12H2,1-3H3/t15-,17?,18?/m1/s1. The van der Waals surface area contributed by atoms with E-state index in [1.54, 1.807) is 0 Å². The van der Waals surface area contributed by atoms with Crippen LogP contribution in [-0.4, -0.2) is 28.9 Å². The Labute approximate surface area is 128 Å². The van der Waals surface area contributed by atoms with Crippen molar-refractivity contribution in [1.29, 1.82) is 0 Å². The fourth-order valence-corrected chi connectivity index (χ4v) is 3.62. The molecule has 1 amide bonds. The predicted molar refractivity (Wildman–Crippen MR) is 85.8 cm³/mol. The molecular weight excluding hydrogens is 260 g/mol. The molecule has 0 aliphatic heterocycles. The molecule has 0 aromatic carbocycles. The van der Waals surface area contributed by atoms with Gasteiger partial charge in [0.15, 0.2) is 0 Å². The average Bonchev–Trinajstić information content (AvgIpc) is 2.49. The van der Waals surface area contributed by atoms with E-state index < -0.39 is 0 Å². The summed E-state index contributed by atoms with van der Waals surface area (Å²) in [6, 6.07) is 6.37. The van der Waals surface area contributed by atoms with E-state index in [1.165, 1.54) is 12.8 Å². The fraction of sp³-hybridized carbons (Fsp3) is 0.667. The lowest BCUT2D eigenvalue weighted by molar-refractivity contribution is -0.123. The van der Waals surface area contributed by atoms with Gasteiger partial charge in [-0.3, -0.25) is 9.78 Å². The summed E-state index contributed by atoms with van der Waals surface area (Å²) in [6.45, 7) is 7.66. The minimum atomic E-state index is 0.398. The Bertz CT molecular complexity index is 432. The van der Waals surface area contributed by atoms with Crippen LogP contribution in [0.3, 0.4) is 0 Å². The van der Waals surface area contributed by atoms with Crippen LogP contribution in [0.1, 0.15) is 45.7 Å². The molecule has 1 fully saturated rings. The molecule has 1 saturated carbocycles. The van der Waals surface area contributed by atoms with Gasteiger partial charge in [-0.05, 0) is 42.7 Å². The highest BCUT2D eigenvalue weighted by Crippen LogP contribution is 2.36. The van der Waals surface area contributed by atoms with E-state index >= 15 is 0 Å². The Hall–Kier alpha value is -1.38. The van der Waals surface area contributed by atoms with Gasteiger partial charge in [0.05, 0.1) is 0 Å². The maximum atomic E-state index is 11.6. The van der Waals surface area contributed by atoms with Crippen LogP contribution in [0, 0.1) is 17.8 Å². The molecule has 2 rings (SSSR count). The van der Waals surface area contributed by atoms with Crippen LogP contribution in [0.5, 0.6) is 0 Å². The van der Waals surface area contributed by atoms with E-state index in [0.29, 0.717) is 17.9 Å². The van der Waals surface area contributed by atoms with Crippen molar-refractivity contribution in [3.63, 3.8) is 0 Å². The molecule has 1 heterocycles. The van der Waals surface area contributed by atoms with Crippen LogP contribution >= 0.6 is 0 Å².